The van der Waals surface area contributed by atoms with E-state index in [-0.39, 0.29) is 0 Å². The number of halogens is 1. The second-order valence-electron chi connectivity index (χ2n) is 7.15. The fourth-order valence-electron chi connectivity index (χ4n) is 4.06. The van der Waals surface area contributed by atoms with Gasteiger partial charge >= 0.3 is 0 Å². The number of nitrogens with zero attached hydrogens (tertiary/aromatic N) is 1. The topological polar surface area (TPSA) is 15.3 Å². The van der Waals surface area contributed by atoms with Gasteiger partial charge in [0, 0.05) is 25.2 Å². The Hall–Kier alpha value is -0.730. The van der Waals surface area contributed by atoms with Crippen LogP contribution in [0.2, 0.25) is 5.02 Å². The summed E-state index contributed by atoms with van der Waals surface area (Å²) >= 11 is 6.38. The highest BCUT2D eigenvalue weighted by atomic mass is 35.5. The lowest BCUT2D eigenvalue weighted by molar-refractivity contribution is 0.0518. The summed E-state index contributed by atoms with van der Waals surface area (Å²) in [7, 11) is 0. The molecule has 21 heavy (non-hydrogen) atoms. The van der Waals surface area contributed by atoms with Crippen LogP contribution >= 0.6 is 11.6 Å². The van der Waals surface area contributed by atoms with Gasteiger partial charge in [0.15, 0.2) is 0 Å². The number of likely N-dealkylation sites (tertiary alicyclic amines) is 1. The van der Waals surface area contributed by atoms with Gasteiger partial charge in [-0.1, -0.05) is 24.1 Å². The quantitative estimate of drug-likeness (QED) is 0.880. The van der Waals surface area contributed by atoms with E-state index >= 15 is 0 Å². The van der Waals surface area contributed by atoms with E-state index in [9.17, 15) is 0 Å². The molecule has 1 aromatic carbocycles. The van der Waals surface area contributed by atoms with Gasteiger partial charge in [0.1, 0.15) is 0 Å². The minimum Gasteiger partial charge on any atom is -0.380 e. The Labute approximate surface area is 133 Å². The molecule has 0 spiro atoms. The molecule has 1 aromatic rings. The van der Waals surface area contributed by atoms with Crippen molar-refractivity contribution in [3.8, 4) is 0 Å². The van der Waals surface area contributed by atoms with Crippen LogP contribution in [0.4, 0.5) is 5.69 Å². The van der Waals surface area contributed by atoms with Crippen LogP contribution < -0.4 is 5.32 Å². The van der Waals surface area contributed by atoms with Crippen molar-refractivity contribution in [1.29, 1.82) is 0 Å². The van der Waals surface area contributed by atoms with Crippen molar-refractivity contribution in [3.63, 3.8) is 0 Å². The van der Waals surface area contributed by atoms with E-state index in [1.54, 1.807) is 0 Å². The number of benzene rings is 1. The van der Waals surface area contributed by atoms with Gasteiger partial charge in [0.05, 0.1) is 10.7 Å². The molecule has 2 nitrogen and oxygen atoms in total. The van der Waals surface area contributed by atoms with Gasteiger partial charge in [0.2, 0.25) is 0 Å². The number of anilines is 1. The lowest BCUT2D eigenvalue weighted by Crippen LogP contribution is -2.56. The number of hydrogen-bond donors (Lipinski definition) is 1. The first-order valence-corrected chi connectivity index (χ1v) is 8.69. The van der Waals surface area contributed by atoms with Crippen LogP contribution in [0.5, 0.6) is 0 Å². The molecule has 116 valence electrons. The van der Waals surface area contributed by atoms with Crippen LogP contribution in [0.1, 0.15) is 38.7 Å². The summed E-state index contributed by atoms with van der Waals surface area (Å²) in [6.45, 7) is 9.23. The lowest BCUT2D eigenvalue weighted by atomic mass is 9.73. The summed E-state index contributed by atoms with van der Waals surface area (Å²) < 4.78 is 0. The summed E-state index contributed by atoms with van der Waals surface area (Å²) in [5.41, 5.74) is 2.39. The SMILES string of the molecule is Cc1ccc(Cl)c(NC2C3CCCC2CN(C(C)C)C3)c1. The fourth-order valence-corrected chi connectivity index (χ4v) is 4.23. The zero-order valence-corrected chi connectivity index (χ0v) is 14.2. The highest BCUT2D eigenvalue weighted by Crippen LogP contribution is 2.38. The first-order valence-electron chi connectivity index (χ1n) is 8.31. The molecule has 1 saturated heterocycles. The van der Waals surface area contributed by atoms with Crippen molar-refractivity contribution in [2.24, 2.45) is 11.8 Å². The molecule has 1 saturated carbocycles. The number of hydrogen-bond acceptors (Lipinski definition) is 2. The van der Waals surface area contributed by atoms with E-state index in [1.165, 1.54) is 37.9 Å². The van der Waals surface area contributed by atoms with Gasteiger partial charge in [-0.3, -0.25) is 0 Å². The average molecular weight is 307 g/mol. The van der Waals surface area contributed by atoms with Crippen molar-refractivity contribution in [1.82, 2.24) is 4.90 Å². The smallest absolute Gasteiger partial charge is 0.0637 e. The van der Waals surface area contributed by atoms with E-state index in [4.69, 9.17) is 11.6 Å². The van der Waals surface area contributed by atoms with Crippen LogP contribution in [0, 0.1) is 18.8 Å². The highest BCUT2D eigenvalue weighted by molar-refractivity contribution is 6.33. The minimum absolute atomic E-state index is 0.591. The summed E-state index contributed by atoms with van der Waals surface area (Å²) in [6, 6.07) is 7.53. The summed E-state index contributed by atoms with van der Waals surface area (Å²) in [5, 5.41) is 4.64. The Morgan fingerprint density at radius 3 is 2.48 bits per heavy atom. The standard InChI is InChI=1S/C18H27ClN2/c1-12(2)21-10-14-5-4-6-15(11-21)18(14)20-17-9-13(3)7-8-16(17)19/h7-9,12,14-15,18,20H,4-6,10-11H2,1-3H3. The van der Waals surface area contributed by atoms with E-state index in [0.29, 0.717) is 12.1 Å². The van der Waals surface area contributed by atoms with E-state index in [0.717, 1.165) is 22.5 Å². The number of aryl methyl sites for hydroxylation is 1. The van der Waals surface area contributed by atoms with E-state index < -0.39 is 0 Å². The highest BCUT2D eigenvalue weighted by Gasteiger charge is 2.40. The Bertz CT molecular complexity index is 486. The lowest BCUT2D eigenvalue weighted by Gasteiger charge is -2.49. The zero-order chi connectivity index (χ0) is 15.0. The third-order valence-electron chi connectivity index (χ3n) is 5.28. The van der Waals surface area contributed by atoms with Gasteiger partial charge in [0.25, 0.3) is 0 Å². The zero-order valence-electron chi connectivity index (χ0n) is 13.4. The largest absolute Gasteiger partial charge is 0.380 e. The second kappa shape index (κ2) is 6.18. The van der Waals surface area contributed by atoms with Crippen LogP contribution in [0.3, 0.4) is 0 Å². The Kier molecular flexibility index (Phi) is 4.46. The number of fused-ring (bicyclic) bond motifs is 2. The van der Waals surface area contributed by atoms with Crippen molar-refractivity contribution in [2.75, 3.05) is 18.4 Å². The summed E-state index contributed by atoms with van der Waals surface area (Å²) in [4.78, 5) is 2.66. The molecule has 2 fully saturated rings. The first kappa shape index (κ1) is 15.2. The van der Waals surface area contributed by atoms with Gasteiger partial charge < -0.3 is 10.2 Å². The maximum absolute atomic E-state index is 6.38. The van der Waals surface area contributed by atoms with Crippen LogP contribution in [-0.2, 0) is 0 Å². The molecule has 1 aliphatic carbocycles. The maximum atomic E-state index is 6.38. The van der Waals surface area contributed by atoms with Crippen LogP contribution in [0.25, 0.3) is 0 Å². The molecule has 1 N–H and O–H groups in total. The summed E-state index contributed by atoms with van der Waals surface area (Å²) in [5.74, 6) is 1.52. The Balaban J connectivity index is 1.78. The van der Waals surface area contributed by atoms with Crippen molar-refractivity contribution in [2.45, 2.75) is 52.1 Å². The van der Waals surface area contributed by atoms with Gasteiger partial charge in [-0.15, -0.1) is 0 Å². The minimum atomic E-state index is 0.591. The predicted octanol–water partition coefficient (Wildman–Crippen LogP) is 4.57. The molecule has 2 unspecified atom stereocenters. The molecular formula is C18H27ClN2. The number of nitrogens with one attached hydrogen (secondary N) is 1. The molecule has 1 heterocycles. The molecule has 3 heteroatoms. The van der Waals surface area contributed by atoms with Crippen molar-refractivity contribution in [3.05, 3.63) is 28.8 Å². The van der Waals surface area contributed by atoms with Gasteiger partial charge in [-0.05, 0) is 63.1 Å². The molecule has 0 amide bonds. The van der Waals surface area contributed by atoms with E-state index in [1.807, 2.05) is 6.07 Å². The van der Waals surface area contributed by atoms with E-state index in [2.05, 4.69) is 43.1 Å². The molecule has 2 aliphatic rings. The van der Waals surface area contributed by atoms with Crippen molar-refractivity contribution >= 4 is 17.3 Å². The molecule has 2 atom stereocenters. The Morgan fingerprint density at radius 2 is 1.86 bits per heavy atom. The van der Waals surface area contributed by atoms with Gasteiger partial charge in [-0.25, -0.2) is 0 Å². The van der Waals surface area contributed by atoms with Crippen molar-refractivity contribution < 1.29 is 0 Å². The van der Waals surface area contributed by atoms with Gasteiger partial charge in [-0.2, -0.15) is 0 Å². The Morgan fingerprint density at radius 1 is 1.19 bits per heavy atom. The van der Waals surface area contributed by atoms with Crippen LogP contribution in [-0.4, -0.2) is 30.1 Å². The molecule has 0 radical (unpaired) electrons. The molecule has 2 bridgehead atoms. The third kappa shape index (κ3) is 3.22. The average Bonchev–Trinajstić information content (AvgIpc) is 2.42. The first-order chi connectivity index (χ1) is 10.0. The molecular weight excluding hydrogens is 280 g/mol. The maximum Gasteiger partial charge on any atom is 0.0637 e. The molecule has 1 aliphatic heterocycles. The third-order valence-corrected chi connectivity index (χ3v) is 5.61. The number of rotatable bonds is 3. The second-order valence-corrected chi connectivity index (χ2v) is 7.56. The van der Waals surface area contributed by atoms with Crippen LogP contribution in [0.15, 0.2) is 18.2 Å². The molecule has 0 aromatic heterocycles. The monoisotopic (exact) mass is 306 g/mol. The summed E-state index contributed by atoms with van der Waals surface area (Å²) in [6.07, 6.45) is 4.09. The normalized spacial score (nSPS) is 29.7. The predicted molar refractivity (Wildman–Crippen MR) is 91.1 cm³/mol. The fraction of sp³-hybridized carbons (Fsp3) is 0.667. The number of piperidine rings is 1. The molecule has 3 rings (SSSR count).